The molecule has 2 aromatic rings. The van der Waals surface area contributed by atoms with Gasteiger partial charge in [-0.2, -0.15) is 0 Å². The lowest BCUT2D eigenvalue weighted by Gasteiger charge is -2.13. The number of rotatable bonds is 7. The molecule has 9 heteroatoms. The largest absolute Gasteiger partial charge is 0.546 e. The summed E-state index contributed by atoms with van der Waals surface area (Å²) in [5.41, 5.74) is 1.03. The molecule has 0 bridgehead atoms. The van der Waals surface area contributed by atoms with Crippen LogP contribution in [0.2, 0.25) is 5.02 Å². The molecule has 1 saturated heterocycles. The number of benzene rings is 2. The van der Waals surface area contributed by atoms with Gasteiger partial charge in [0.05, 0.1) is 23.2 Å². The fraction of sp³-hybridized carbons (Fsp3) is 0.150. The number of imide groups is 1. The molecular weight excluding hydrogens is 418 g/mol. The van der Waals surface area contributed by atoms with Crippen molar-refractivity contribution in [3.05, 3.63) is 58.0 Å². The van der Waals surface area contributed by atoms with Crippen molar-refractivity contribution in [2.45, 2.75) is 6.92 Å². The number of anilines is 1. The lowest BCUT2D eigenvalue weighted by molar-refractivity contribution is -0.307. The third kappa shape index (κ3) is 4.90. The van der Waals surface area contributed by atoms with Gasteiger partial charge in [-0.15, -0.1) is 0 Å². The number of aliphatic carboxylic acids is 1. The molecule has 0 spiro atoms. The van der Waals surface area contributed by atoms with E-state index >= 15 is 0 Å². The van der Waals surface area contributed by atoms with Crippen molar-refractivity contribution in [1.29, 1.82) is 0 Å². The summed E-state index contributed by atoms with van der Waals surface area (Å²) in [4.78, 5) is 37.0. The van der Waals surface area contributed by atoms with Crippen LogP contribution in [0, 0.1) is 0 Å². The van der Waals surface area contributed by atoms with Gasteiger partial charge in [-0.3, -0.25) is 9.59 Å². The molecule has 0 radical (unpaired) electrons. The fourth-order valence-corrected chi connectivity index (χ4v) is 3.54. The Morgan fingerprint density at radius 1 is 1.14 bits per heavy atom. The third-order valence-electron chi connectivity index (χ3n) is 3.79. The van der Waals surface area contributed by atoms with Gasteiger partial charge >= 0.3 is 0 Å². The highest BCUT2D eigenvalue weighted by Gasteiger charge is 2.36. The summed E-state index contributed by atoms with van der Waals surface area (Å²) in [6.07, 6.45) is 1.56. The molecule has 0 atom stereocenters. The second-order valence-corrected chi connectivity index (χ2v) is 7.22. The van der Waals surface area contributed by atoms with Gasteiger partial charge in [0.2, 0.25) is 0 Å². The first kappa shape index (κ1) is 20.8. The average Bonchev–Trinajstić information content (AvgIpc) is 2.95. The summed E-state index contributed by atoms with van der Waals surface area (Å²) in [5, 5.41) is 10.7. The van der Waals surface area contributed by atoms with Crippen LogP contribution in [-0.4, -0.2) is 30.3 Å². The van der Waals surface area contributed by atoms with Gasteiger partial charge in [0.1, 0.15) is 6.61 Å². The minimum absolute atomic E-state index is 0.238. The second kappa shape index (κ2) is 9.02. The van der Waals surface area contributed by atoms with E-state index in [0.717, 1.165) is 16.7 Å². The van der Waals surface area contributed by atoms with Crippen LogP contribution in [0.1, 0.15) is 12.5 Å². The smallest absolute Gasteiger partial charge is 0.298 e. The summed E-state index contributed by atoms with van der Waals surface area (Å²) < 4.78 is 10.6. The van der Waals surface area contributed by atoms with E-state index in [1.807, 2.05) is 0 Å². The Kier molecular flexibility index (Phi) is 6.46. The number of nitrogens with zero attached hydrogens (tertiary/aromatic N) is 1. The van der Waals surface area contributed by atoms with Gasteiger partial charge in [-0.1, -0.05) is 17.7 Å². The number of carboxylic acids is 1. The van der Waals surface area contributed by atoms with Gasteiger partial charge < -0.3 is 19.4 Å². The molecule has 2 aromatic carbocycles. The zero-order valence-electron chi connectivity index (χ0n) is 15.2. The summed E-state index contributed by atoms with van der Waals surface area (Å²) in [5.74, 6) is -1.24. The minimum Gasteiger partial charge on any atom is -0.546 e. The lowest BCUT2D eigenvalue weighted by Crippen LogP contribution is -2.29. The molecule has 0 N–H and O–H groups in total. The number of carboxylic acid groups (broad SMARTS) is 1. The van der Waals surface area contributed by atoms with Gasteiger partial charge in [-0.25, -0.2) is 4.90 Å². The van der Waals surface area contributed by atoms with E-state index in [-0.39, 0.29) is 10.7 Å². The van der Waals surface area contributed by atoms with Crippen molar-refractivity contribution in [1.82, 2.24) is 0 Å². The van der Waals surface area contributed by atoms with Gasteiger partial charge in [0, 0.05) is 5.02 Å². The number of hydrogen-bond acceptors (Lipinski definition) is 7. The van der Waals surface area contributed by atoms with Crippen molar-refractivity contribution in [3.8, 4) is 11.5 Å². The Morgan fingerprint density at radius 3 is 2.52 bits per heavy atom. The van der Waals surface area contributed by atoms with Gasteiger partial charge in [0.15, 0.2) is 11.5 Å². The molecule has 0 saturated carbocycles. The summed E-state index contributed by atoms with van der Waals surface area (Å²) in [6, 6.07) is 11.2. The third-order valence-corrected chi connectivity index (χ3v) is 4.91. The van der Waals surface area contributed by atoms with Crippen LogP contribution >= 0.6 is 23.4 Å². The van der Waals surface area contributed by atoms with E-state index in [4.69, 9.17) is 21.1 Å². The highest BCUT2D eigenvalue weighted by molar-refractivity contribution is 8.19. The van der Waals surface area contributed by atoms with E-state index in [2.05, 4.69) is 0 Å². The van der Waals surface area contributed by atoms with E-state index in [1.165, 1.54) is 6.07 Å². The molecule has 7 nitrogen and oxygen atoms in total. The molecule has 1 heterocycles. The molecule has 2 amide bonds. The monoisotopic (exact) mass is 432 g/mol. The molecule has 0 aromatic heterocycles. The molecule has 0 aliphatic carbocycles. The second-order valence-electron chi connectivity index (χ2n) is 5.79. The Labute approximate surface area is 175 Å². The number of halogens is 1. The van der Waals surface area contributed by atoms with Gasteiger partial charge in [-0.05, 0) is 66.7 Å². The Bertz CT molecular complexity index is 989. The van der Waals surface area contributed by atoms with E-state index < -0.39 is 23.7 Å². The van der Waals surface area contributed by atoms with Crippen molar-refractivity contribution >= 4 is 52.2 Å². The van der Waals surface area contributed by atoms with Crippen LogP contribution in [0.4, 0.5) is 10.5 Å². The molecule has 1 fully saturated rings. The molecular formula is C20H15ClNO6S-. The SMILES string of the molecule is CCOc1cc(/C=C2/SC(=O)N(c3ccc(Cl)cc3)C2=O)ccc1OCC(=O)[O-]. The maximum Gasteiger partial charge on any atom is 0.298 e. The van der Waals surface area contributed by atoms with Crippen molar-refractivity contribution in [2.75, 3.05) is 18.1 Å². The molecule has 1 aliphatic heterocycles. The number of amides is 2. The molecule has 1 aliphatic rings. The number of carbonyl (C=O) groups is 3. The first-order valence-electron chi connectivity index (χ1n) is 8.52. The first-order chi connectivity index (χ1) is 13.9. The van der Waals surface area contributed by atoms with Crippen molar-refractivity contribution in [3.63, 3.8) is 0 Å². The van der Waals surface area contributed by atoms with Crippen LogP contribution in [-0.2, 0) is 9.59 Å². The predicted molar refractivity (Wildman–Crippen MR) is 108 cm³/mol. The Balaban J connectivity index is 1.86. The number of thioether (sulfide) groups is 1. The zero-order chi connectivity index (χ0) is 21.0. The number of carbonyl (C=O) groups excluding carboxylic acids is 3. The number of hydrogen-bond donors (Lipinski definition) is 0. The van der Waals surface area contributed by atoms with E-state index in [0.29, 0.717) is 28.6 Å². The normalized spacial score (nSPS) is 15.1. The standard InChI is InChI=1S/C20H16ClNO6S/c1-2-27-16-9-12(3-8-15(16)28-11-18(23)24)10-17-19(25)22(20(26)29-17)14-6-4-13(21)5-7-14/h3-10H,2,11H2,1H3,(H,23,24)/p-1/b17-10+. The minimum atomic E-state index is -1.35. The average molecular weight is 433 g/mol. The number of ether oxygens (including phenoxy) is 2. The van der Waals surface area contributed by atoms with E-state index in [1.54, 1.807) is 49.4 Å². The van der Waals surface area contributed by atoms with Crippen LogP contribution in [0.25, 0.3) is 6.08 Å². The summed E-state index contributed by atoms with van der Waals surface area (Å²) in [6.45, 7) is 1.49. The predicted octanol–water partition coefficient (Wildman–Crippen LogP) is 3.11. The highest BCUT2D eigenvalue weighted by atomic mass is 35.5. The van der Waals surface area contributed by atoms with Crippen LogP contribution in [0.3, 0.4) is 0 Å². The van der Waals surface area contributed by atoms with E-state index in [9.17, 15) is 19.5 Å². The molecule has 0 unspecified atom stereocenters. The van der Waals surface area contributed by atoms with Gasteiger partial charge in [0.25, 0.3) is 11.1 Å². The lowest BCUT2D eigenvalue weighted by atomic mass is 10.1. The Morgan fingerprint density at radius 2 is 1.86 bits per heavy atom. The fourth-order valence-electron chi connectivity index (χ4n) is 2.57. The maximum absolute atomic E-state index is 12.7. The summed E-state index contributed by atoms with van der Waals surface area (Å²) >= 11 is 6.68. The van der Waals surface area contributed by atoms with Crippen molar-refractivity contribution < 1.29 is 29.0 Å². The van der Waals surface area contributed by atoms with Crippen molar-refractivity contribution in [2.24, 2.45) is 0 Å². The topological polar surface area (TPSA) is 96.0 Å². The molecule has 150 valence electrons. The highest BCUT2D eigenvalue weighted by Crippen LogP contribution is 2.37. The van der Waals surface area contributed by atoms with Crippen LogP contribution in [0.5, 0.6) is 11.5 Å². The zero-order valence-corrected chi connectivity index (χ0v) is 16.8. The molecule has 3 rings (SSSR count). The van der Waals surface area contributed by atoms with Crippen LogP contribution < -0.4 is 19.5 Å². The molecule has 29 heavy (non-hydrogen) atoms. The quantitative estimate of drug-likeness (QED) is 0.620. The summed E-state index contributed by atoms with van der Waals surface area (Å²) in [7, 11) is 0. The van der Waals surface area contributed by atoms with Crippen LogP contribution in [0.15, 0.2) is 47.4 Å². The Hall–Kier alpha value is -2.97. The first-order valence-corrected chi connectivity index (χ1v) is 9.71. The maximum atomic E-state index is 12.7.